The summed E-state index contributed by atoms with van der Waals surface area (Å²) in [6.07, 6.45) is 1.13. The molecule has 0 saturated carbocycles. The van der Waals surface area contributed by atoms with Crippen molar-refractivity contribution < 1.29 is 13.9 Å². The monoisotopic (exact) mass is 310 g/mol. The van der Waals surface area contributed by atoms with Gasteiger partial charge in [-0.15, -0.1) is 0 Å². The molecule has 1 aromatic carbocycles. The molecule has 0 bridgehead atoms. The first-order valence-electron chi connectivity index (χ1n) is 4.98. The third kappa shape index (κ3) is 2.38. The van der Waals surface area contributed by atoms with Crippen molar-refractivity contribution in [2.45, 2.75) is 0 Å². The second-order valence-electron chi connectivity index (χ2n) is 3.39. The summed E-state index contributed by atoms with van der Waals surface area (Å²) >= 11 is 3.29. The van der Waals surface area contributed by atoms with Crippen molar-refractivity contribution in [2.75, 3.05) is 7.11 Å². The van der Waals surface area contributed by atoms with E-state index in [2.05, 4.69) is 30.6 Å². The fraction of sp³-hybridized carbons (Fsp3) is 0.0833. The third-order valence-electron chi connectivity index (χ3n) is 2.27. The van der Waals surface area contributed by atoms with Crippen molar-refractivity contribution in [3.05, 3.63) is 46.6 Å². The molecule has 0 amide bonds. The van der Waals surface area contributed by atoms with E-state index >= 15 is 0 Å². The molecule has 0 aliphatic rings. The first-order chi connectivity index (χ1) is 8.63. The molecule has 18 heavy (non-hydrogen) atoms. The van der Waals surface area contributed by atoms with Gasteiger partial charge in [0.05, 0.1) is 7.11 Å². The summed E-state index contributed by atoms with van der Waals surface area (Å²) in [6, 6.07) is 6.95. The van der Waals surface area contributed by atoms with Crippen molar-refractivity contribution in [1.29, 1.82) is 0 Å². The highest BCUT2D eigenvalue weighted by Gasteiger charge is 2.19. The van der Waals surface area contributed by atoms with Crippen molar-refractivity contribution in [2.24, 2.45) is 0 Å². The van der Waals surface area contributed by atoms with Gasteiger partial charge in [-0.25, -0.2) is 19.2 Å². The van der Waals surface area contributed by atoms with Crippen LogP contribution in [0.1, 0.15) is 10.5 Å². The summed E-state index contributed by atoms with van der Waals surface area (Å²) < 4.78 is 19.3. The molecule has 1 heterocycles. The maximum Gasteiger partial charge on any atom is 0.359 e. The molecule has 0 spiro atoms. The Labute approximate surface area is 111 Å². The lowest BCUT2D eigenvalue weighted by molar-refractivity contribution is 0.0588. The van der Waals surface area contributed by atoms with Crippen LogP contribution in [0.4, 0.5) is 4.39 Å². The van der Waals surface area contributed by atoms with Crippen LogP contribution in [0.5, 0.6) is 0 Å². The molecule has 0 saturated heterocycles. The van der Waals surface area contributed by atoms with Gasteiger partial charge in [0.2, 0.25) is 0 Å². The highest BCUT2D eigenvalue weighted by Crippen LogP contribution is 2.24. The maximum absolute atomic E-state index is 14.1. The molecule has 2 rings (SSSR count). The third-order valence-corrected chi connectivity index (χ3v) is 2.76. The van der Waals surface area contributed by atoms with Gasteiger partial charge >= 0.3 is 5.97 Å². The zero-order valence-corrected chi connectivity index (χ0v) is 10.9. The molecule has 1 aromatic heterocycles. The number of methoxy groups -OCH3 is 1. The number of hydrogen-bond donors (Lipinski definition) is 0. The van der Waals surface area contributed by atoms with E-state index in [4.69, 9.17) is 0 Å². The van der Waals surface area contributed by atoms with Gasteiger partial charge < -0.3 is 4.74 Å². The standard InChI is InChI=1S/C12H8BrFN2O2/c1-18-12(17)11-9(14)10(15-6-16-11)7-3-2-4-8(13)5-7/h2-6H,1H3. The van der Waals surface area contributed by atoms with E-state index in [0.717, 1.165) is 10.8 Å². The van der Waals surface area contributed by atoms with Crippen molar-refractivity contribution in [1.82, 2.24) is 9.97 Å². The molecule has 92 valence electrons. The van der Waals surface area contributed by atoms with Crippen molar-refractivity contribution in [3.63, 3.8) is 0 Å². The predicted octanol–water partition coefficient (Wildman–Crippen LogP) is 2.83. The van der Waals surface area contributed by atoms with Gasteiger partial charge in [-0.1, -0.05) is 28.1 Å². The quantitative estimate of drug-likeness (QED) is 0.800. The Hall–Kier alpha value is -1.82. The predicted molar refractivity (Wildman–Crippen MR) is 66.5 cm³/mol. The molecule has 0 N–H and O–H groups in total. The molecule has 0 radical (unpaired) electrons. The van der Waals surface area contributed by atoms with Crippen molar-refractivity contribution >= 4 is 21.9 Å². The van der Waals surface area contributed by atoms with E-state index < -0.39 is 11.8 Å². The molecule has 0 unspecified atom stereocenters. The summed E-state index contributed by atoms with van der Waals surface area (Å²) in [5, 5.41) is 0. The lowest BCUT2D eigenvalue weighted by Crippen LogP contribution is -2.09. The minimum Gasteiger partial charge on any atom is -0.464 e. The molecule has 0 aliphatic carbocycles. The van der Waals surface area contributed by atoms with Gasteiger partial charge in [-0.2, -0.15) is 0 Å². The van der Waals surface area contributed by atoms with E-state index in [1.165, 1.54) is 7.11 Å². The summed E-state index contributed by atoms with van der Waals surface area (Å²) in [5.41, 5.74) is 0.239. The molecule has 2 aromatic rings. The van der Waals surface area contributed by atoms with Gasteiger partial charge in [-0.05, 0) is 12.1 Å². The van der Waals surface area contributed by atoms with Gasteiger partial charge in [0.15, 0.2) is 11.5 Å². The fourth-order valence-corrected chi connectivity index (χ4v) is 1.85. The number of hydrogen-bond acceptors (Lipinski definition) is 4. The zero-order valence-electron chi connectivity index (χ0n) is 9.35. The van der Waals surface area contributed by atoms with Crippen molar-refractivity contribution in [3.8, 4) is 11.3 Å². The van der Waals surface area contributed by atoms with Crippen LogP contribution in [0.15, 0.2) is 35.1 Å². The number of ether oxygens (including phenoxy) is 1. The topological polar surface area (TPSA) is 52.1 Å². The Balaban J connectivity index is 2.56. The van der Waals surface area contributed by atoms with Crippen LogP contribution in [0.25, 0.3) is 11.3 Å². The Morgan fingerprint density at radius 3 is 2.83 bits per heavy atom. The van der Waals surface area contributed by atoms with E-state index in [1.54, 1.807) is 18.2 Å². The molecular weight excluding hydrogens is 303 g/mol. The molecule has 0 aliphatic heterocycles. The van der Waals surface area contributed by atoms with Gasteiger partial charge in [0.25, 0.3) is 0 Å². The van der Waals surface area contributed by atoms with Crippen LogP contribution in [0.2, 0.25) is 0 Å². The highest BCUT2D eigenvalue weighted by molar-refractivity contribution is 9.10. The Bertz CT molecular complexity index is 604. The molecule has 4 nitrogen and oxygen atoms in total. The first kappa shape index (κ1) is 12.6. The zero-order chi connectivity index (χ0) is 13.1. The number of carbonyl (C=O) groups excluding carboxylic acids is 1. The summed E-state index contributed by atoms with van der Waals surface area (Å²) in [7, 11) is 1.17. The molecule has 6 heteroatoms. The van der Waals surface area contributed by atoms with Gasteiger partial charge in [0, 0.05) is 10.0 Å². The van der Waals surface area contributed by atoms with Crippen LogP contribution in [-0.2, 0) is 4.74 Å². The summed E-state index contributed by atoms with van der Waals surface area (Å²) in [6.45, 7) is 0. The van der Waals surface area contributed by atoms with Crippen LogP contribution in [0.3, 0.4) is 0 Å². The smallest absolute Gasteiger partial charge is 0.359 e. The second-order valence-corrected chi connectivity index (χ2v) is 4.30. The SMILES string of the molecule is COC(=O)c1ncnc(-c2cccc(Br)c2)c1F. The number of halogens is 2. The Morgan fingerprint density at radius 2 is 2.17 bits per heavy atom. The minimum atomic E-state index is -0.828. The van der Waals surface area contributed by atoms with Crippen LogP contribution >= 0.6 is 15.9 Å². The Kier molecular flexibility index (Phi) is 3.66. The lowest BCUT2D eigenvalue weighted by Gasteiger charge is -2.05. The average molecular weight is 311 g/mol. The Morgan fingerprint density at radius 1 is 1.39 bits per heavy atom. The van der Waals surface area contributed by atoms with Crippen LogP contribution < -0.4 is 0 Å². The minimum absolute atomic E-state index is 0.0618. The number of esters is 1. The largest absolute Gasteiger partial charge is 0.464 e. The van der Waals surface area contributed by atoms with Crippen LogP contribution in [-0.4, -0.2) is 23.0 Å². The van der Waals surface area contributed by atoms with Gasteiger partial charge in [-0.3, -0.25) is 0 Å². The molecule has 0 fully saturated rings. The number of nitrogens with zero attached hydrogens (tertiary/aromatic N) is 2. The number of rotatable bonds is 2. The second kappa shape index (κ2) is 5.22. The first-order valence-corrected chi connectivity index (χ1v) is 5.77. The maximum atomic E-state index is 14.1. The molecule has 0 atom stereocenters. The summed E-state index contributed by atoms with van der Waals surface area (Å²) in [5.74, 6) is -1.62. The number of benzene rings is 1. The summed E-state index contributed by atoms with van der Waals surface area (Å²) in [4.78, 5) is 18.8. The molecular formula is C12H8BrFN2O2. The normalized spacial score (nSPS) is 10.2. The fourth-order valence-electron chi connectivity index (χ4n) is 1.45. The van der Waals surface area contributed by atoms with E-state index in [-0.39, 0.29) is 11.4 Å². The number of carbonyl (C=O) groups is 1. The number of aromatic nitrogens is 2. The lowest BCUT2D eigenvalue weighted by atomic mass is 10.1. The highest BCUT2D eigenvalue weighted by atomic mass is 79.9. The average Bonchev–Trinajstić information content (AvgIpc) is 2.38. The van der Waals surface area contributed by atoms with E-state index in [0.29, 0.717) is 5.56 Å². The van der Waals surface area contributed by atoms with E-state index in [9.17, 15) is 9.18 Å². The van der Waals surface area contributed by atoms with Gasteiger partial charge in [0.1, 0.15) is 12.0 Å². The van der Waals surface area contributed by atoms with Crippen LogP contribution in [0, 0.1) is 5.82 Å². The van der Waals surface area contributed by atoms with E-state index in [1.807, 2.05) is 6.07 Å².